The number of amides is 2. The second-order valence-electron chi connectivity index (χ2n) is 4.89. The Hall–Kier alpha value is -2.29. The Morgan fingerprint density at radius 2 is 1.60 bits per heavy atom. The summed E-state index contributed by atoms with van der Waals surface area (Å²) in [6, 6.07) is 19.7. The van der Waals surface area contributed by atoms with Gasteiger partial charge in [0.1, 0.15) is 0 Å². The number of aryl methyl sites for hydroxylation is 1. The zero-order chi connectivity index (χ0) is 14.2. The van der Waals surface area contributed by atoms with E-state index in [1.54, 1.807) is 0 Å². The molecule has 0 aliphatic carbocycles. The summed E-state index contributed by atoms with van der Waals surface area (Å²) in [6.45, 7) is 2.02. The fraction of sp³-hybridized carbons (Fsp3) is 0.235. The number of benzene rings is 2. The van der Waals surface area contributed by atoms with E-state index in [2.05, 4.69) is 22.8 Å². The van der Waals surface area contributed by atoms with E-state index in [1.807, 2.05) is 55.5 Å². The largest absolute Gasteiger partial charge is 0.335 e. The number of rotatable bonds is 5. The average molecular weight is 268 g/mol. The summed E-state index contributed by atoms with van der Waals surface area (Å²) in [5, 5.41) is 5.77. The van der Waals surface area contributed by atoms with Gasteiger partial charge in [-0.15, -0.1) is 0 Å². The van der Waals surface area contributed by atoms with Crippen LogP contribution in [-0.2, 0) is 6.42 Å². The number of urea groups is 1. The molecule has 3 heteroatoms. The molecular weight excluding hydrogens is 248 g/mol. The molecule has 0 fully saturated rings. The van der Waals surface area contributed by atoms with Crippen LogP contribution < -0.4 is 10.6 Å². The molecule has 2 N–H and O–H groups in total. The van der Waals surface area contributed by atoms with Gasteiger partial charge in [0.05, 0.1) is 0 Å². The van der Waals surface area contributed by atoms with Crippen molar-refractivity contribution >= 4 is 11.7 Å². The predicted octanol–water partition coefficient (Wildman–Crippen LogP) is 3.83. The fourth-order valence-corrected chi connectivity index (χ4v) is 2.01. The van der Waals surface area contributed by atoms with Crippen LogP contribution in [0.5, 0.6) is 0 Å². The molecule has 104 valence electrons. The van der Waals surface area contributed by atoms with Crippen molar-refractivity contribution in [3.63, 3.8) is 0 Å². The number of carbonyl (C=O) groups is 1. The molecule has 0 aliphatic rings. The highest BCUT2D eigenvalue weighted by Gasteiger charge is 2.07. The third kappa shape index (κ3) is 4.76. The third-order valence-electron chi connectivity index (χ3n) is 3.12. The summed E-state index contributed by atoms with van der Waals surface area (Å²) in [5.74, 6) is 0. The Balaban J connectivity index is 1.74. The van der Waals surface area contributed by atoms with E-state index in [4.69, 9.17) is 0 Å². The highest BCUT2D eigenvalue weighted by atomic mass is 16.2. The van der Waals surface area contributed by atoms with Gasteiger partial charge in [-0.05, 0) is 37.5 Å². The van der Waals surface area contributed by atoms with E-state index >= 15 is 0 Å². The Morgan fingerprint density at radius 3 is 2.25 bits per heavy atom. The number of para-hydroxylation sites is 1. The summed E-state index contributed by atoms with van der Waals surface area (Å²) >= 11 is 0. The number of hydrogen-bond acceptors (Lipinski definition) is 1. The van der Waals surface area contributed by atoms with E-state index in [-0.39, 0.29) is 12.1 Å². The zero-order valence-corrected chi connectivity index (χ0v) is 11.7. The van der Waals surface area contributed by atoms with E-state index in [0.717, 1.165) is 18.5 Å². The molecule has 0 saturated heterocycles. The molecule has 0 aliphatic heterocycles. The van der Waals surface area contributed by atoms with Crippen molar-refractivity contribution in [2.75, 3.05) is 5.32 Å². The van der Waals surface area contributed by atoms with Gasteiger partial charge in [0.25, 0.3) is 0 Å². The van der Waals surface area contributed by atoms with Gasteiger partial charge in [0.2, 0.25) is 0 Å². The van der Waals surface area contributed by atoms with Crippen molar-refractivity contribution in [3.8, 4) is 0 Å². The topological polar surface area (TPSA) is 41.1 Å². The lowest BCUT2D eigenvalue weighted by Gasteiger charge is -2.14. The summed E-state index contributed by atoms with van der Waals surface area (Å²) in [6.07, 6.45) is 1.89. The molecule has 2 rings (SSSR count). The molecule has 0 saturated carbocycles. The Bertz CT molecular complexity index is 525. The second-order valence-corrected chi connectivity index (χ2v) is 4.89. The molecule has 2 aromatic rings. The van der Waals surface area contributed by atoms with Crippen LogP contribution in [-0.4, -0.2) is 12.1 Å². The maximum Gasteiger partial charge on any atom is 0.319 e. The summed E-state index contributed by atoms with van der Waals surface area (Å²) in [5.41, 5.74) is 2.10. The summed E-state index contributed by atoms with van der Waals surface area (Å²) < 4.78 is 0. The molecule has 0 radical (unpaired) electrons. The number of anilines is 1. The van der Waals surface area contributed by atoms with Crippen LogP contribution in [0.15, 0.2) is 60.7 Å². The minimum Gasteiger partial charge on any atom is -0.335 e. The minimum atomic E-state index is -0.156. The Labute approximate surface area is 120 Å². The first kappa shape index (κ1) is 14.1. The molecule has 0 unspecified atom stereocenters. The van der Waals surface area contributed by atoms with E-state index in [9.17, 15) is 4.79 Å². The van der Waals surface area contributed by atoms with E-state index in [0.29, 0.717) is 0 Å². The van der Waals surface area contributed by atoms with Gasteiger partial charge in [-0.2, -0.15) is 0 Å². The van der Waals surface area contributed by atoms with Crippen LogP contribution in [0.2, 0.25) is 0 Å². The SMILES string of the molecule is C[C@@H](CCc1ccccc1)NC(=O)Nc1ccccc1. The summed E-state index contributed by atoms with van der Waals surface area (Å²) in [7, 11) is 0. The van der Waals surface area contributed by atoms with Crippen LogP contribution >= 0.6 is 0 Å². The van der Waals surface area contributed by atoms with Gasteiger partial charge < -0.3 is 10.6 Å². The molecule has 2 aromatic carbocycles. The van der Waals surface area contributed by atoms with Gasteiger partial charge in [-0.3, -0.25) is 0 Å². The first-order valence-electron chi connectivity index (χ1n) is 6.90. The fourth-order valence-electron chi connectivity index (χ4n) is 2.01. The monoisotopic (exact) mass is 268 g/mol. The third-order valence-corrected chi connectivity index (χ3v) is 3.12. The van der Waals surface area contributed by atoms with Gasteiger partial charge in [0, 0.05) is 11.7 Å². The normalized spacial score (nSPS) is 11.7. The lowest BCUT2D eigenvalue weighted by Crippen LogP contribution is -2.36. The maximum atomic E-state index is 11.8. The zero-order valence-electron chi connectivity index (χ0n) is 11.7. The van der Waals surface area contributed by atoms with Crippen LogP contribution in [0.4, 0.5) is 10.5 Å². The number of hydrogen-bond donors (Lipinski definition) is 2. The molecule has 0 spiro atoms. The molecule has 20 heavy (non-hydrogen) atoms. The molecule has 2 amide bonds. The molecule has 3 nitrogen and oxygen atoms in total. The smallest absolute Gasteiger partial charge is 0.319 e. The highest BCUT2D eigenvalue weighted by Crippen LogP contribution is 2.06. The maximum absolute atomic E-state index is 11.8. The van der Waals surface area contributed by atoms with Gasteiger partial charge in [-0.1, -0.05) is 48.5 Å². The summed E-state index contributed by atoms with van der Waals surface area (Å²) in [4.78, 5) is 11.8. The predicted molar refractivity (Wildman–Crippen MR) is 82.8 cm³/mol. The van der Waals surface area contributed by atoms with Crippen molar-refractivity contribution in [1.29, 1.82) is 0 Å². The number of carbonyl (C=O) groups excluding carboxylic acids is 1. The molecule has 1 atom stereocenters. The Kier molecular flexibility index (Phi) is 5.18. The first-order valence-corrected chi connectivity index (χ1v) is 6.90. The van der Waals surface area contributed by atoms with Crippen LogP contribution in [0, 0.1) is 0 Å². The van der Waals surface area contributed by atoms with Crippen molar-refractivity contribution in [2.45, 2.75) is 25.8 Å². The standard InChI is InChI=1S/C17H20N2O/c1-14(12-13-15-8-4-2-5-9-15)18-17(20)19-16-10-6-3-7-11-16/h2-11,14H,12-13H2,1H3,(H2,18,19,20)/t14-/m0/s1. The first-order chi connectivity index (χ1) is 9.74. The lowest BCUT2D eigenvalue weighted by molar-refractivity contribution is 0.248. The van der Waals surface area contributed by atoms with Crippen LogP contribution in [0.25, 0.3) is 0 Å². The second kappa shape index (κ2) is 7.34. The van der Waals surface area contributed by atoms with Crippen molar-refractivity contribution < 1.29 is 4.79 Å². The highest BCUT2D eigenvalue weighted by molar-refractivity contribution is 5.89. The Morgan fingerprint density at radius 1 is 1.00 bits per heavy atom. The van der Waals surface area contributed by atoms with Crippen molar-refractivity contribution in [3.05, 3.63) is 66.2 Å². The average Bonchev–Trinajstić information content (AvgIpc) is 2.47. The van der Waals surface area contributed by atoms with Gasteiger partial charge in [0.15, 0.2) is 0 Å². The van der Waals surface area contributed by atoms with Gasteiger partial charge in [-0.25, -0.2) is 4.79 Å². The van der Waals surface area contributed by atoms with Crippen LogP contribution in [0.3, 0.4) is 0 Å². The molecular formula is C17H20N2O. The lowest BCUT2D eigenvalue weighted by atomic mass is 10.1. The van der Waals surface area contributed by atoms with E-state index < -0.39 is 0 Å². The van der Waals surface area contributed by atoms with Crippen molar-refractivity contribution in [1.82, 2.24) is 5.32 Å². The van der Waals surface area contributed by atoms with Gasteiger partial charge >= 0.3 is 6.03 Å². The molecule has 0 aromatic heterocycles. The quantitative estimate of drug-likeness (QED) is 0.850. The molecule has 0 bridgehead atoms. The minimum absolute atomic E-state index is 0.138. The van der Waals surface area contributed by atoms with Crippen LogP contribution in [0.1, 0.15) is 18.9 Å². The van der Waals surface area contributed by atoms with E-state index in [1.165, 1.54) is 5.56 Å². The number of nitrogens with one attached hydrogen (secondary N) is 2. The molecule has 0 heterocycles. The van der Waals surface area contributed by atoms with Crippen molar-refractivity contribution in [2.24, 2.45) is 0 Å².